The molecule has 1 aromatic rings. The van der Waals surface area contributed by atoms with E-state index in [1.807, 2.05) is 24.3 Å². The topological polar surface area (TPSA) is 49.3 Å². The van der Waals surface area contributed by atoms with Gasteiger partial charge in [-0.3, -0.25) is 5.32 Å². The van der Waals surface area contributed by atoms with E-state index in [9.17, 15) is 4.79 Å². The summed E-state index contributed by atoms with van der Waals surface area (Å²) >= 11 is 0. The molecule has 0 bridgehead atoms. The summed E-state index contributed by atoms with van der Waals surface area (Å²) in [5.74, 6) is 0.697. The Bertz CT molecular complexity index is 394. The van der Waals surface area contributed by atoms with Gasteiger partial charge in [0.25, 0.3) is 0 Å². The average molecular weight is 203 g/mol. The van der Waals surface area contributed by atoms with Crippen LogP contribution in [-0.2, 0) is 0 Å². The second kappa shape index (κ2) is 4.17. The smallest absolute Gasteiger partial charge is 0.409 e. The Hall–Kier alpha value is -1.77. The molecule has 1 aliphatic carbocycles. The highest BCUT2D eigenvalue weighted by Crippen LogP contribution is 2.31. The molecule has 1 aromatic carbocycles. The molecular formula is C12H13NO2. The second-order valence-electron chi connectivity index (χ2n) is 3.71. The van der Waals surface area contributed by atoms with Gasteiger partial charge in [0, 0.05) is 0 Å². The maximum atomic E-state index is 10.5. The lowest BCUT2D eigenvalue weighted by molar-refractivity contribution is 0.209. The van der Waals surface area contributed by atoms with E-state index >= 15 is 0 Å². The number of anilines is 1. The fourth-order valence-corrected chi connectivity index (χ4v) is 1.40. The standard InChI is InChI=1S/C12H13NO2/c14-12(15)13-11-4-2-1-3-10(11)8-7-9-5-6-9/h1-4,7-9,13H,5-6H2,(H,14,15)/b8-7+. The first kappa shape index (κ1) is 9.77. The molecule has 0 radical (unpaired) electrons. The highest BCUT2D eigenvalue weighted by atomic mass is 16.4. The third-order valence-corrected chi connectivity index (χ3v) is 2.37. The van der Waals surface area contributed by atoms with Crippen LogP contribution in [0.3, 0.4) is 0 Å². The van der Waals surface area contributed by atoms with Gasteiger partial charge in [-0.15, -0.1) is 0 Å². The molecule has 3 nitrogen and oxygen atoms in total. The number of carbonyl (C=O) groups is 1. The van der Waals surface area contributed by atoms with Crippen LogP contribution in [0.4, 0.5) is 10.5 Å². The molecule has 1 saturated carbocycles. The lowest BCUT2D eigenvalue weighted by atomic mass is 10.1. The van der Waals surface area contributed by atoms with Crippen molar-refractivity contribution in [3.05, 3.63) is 35.9 Å². The van der Waals surface area contributed by atoms with Crippen LogP contribution < -0.4 is 5.32 Å². The summed E-state index contributed by atoms with van der Waals surface area (Å²) in [5, 5.41) is 11.0. The van der Waals surface area contributed by atoms with E-state index in [0.29, 0.717) is 11.6 Å². The monoisotopic (exact) mass is 203 g/mol. The number of nitrogens with one attached hydrogen (secondary N) is 1. The van der Waals surface area contributed by atoms with E-state index in [-0.39, 0.29) is 0 Å². The minimum Gasteiger partial charge on any atom is -0.465 e. The molecule has 0 atom stereocenters. The Morgan fingerprint density at radius 3 is 2.80 bits per heavy atom. The van der Waals surface area contributed by atoms with Gasteiger partial charge in [-0.25, -0.2) is 4.79 Å². The average Bonchev–Trinajstić information content (AvgIpc) is 2.99. The minimum atomic E-state index is -1.03. The molecule has 1 aliphatic rings. The van der Waals surface area contributed by atoms with Gasteiger partial charge in [0.05, 0.1) is 5.69 Å². The highest BCUT2D eigenvalue weighted by molar-refractivity contribution is 5.86. The predicted molar refractivity (Wildman–Crippen MR) is 59.8 cm³/mol. The number of allylic oxidation sites excluding steroid dienone is 1. The maximum absolute atomic E-state index is 10.5. The van der Waals surface area contributed by atoms with Crippen LogP contribution in [0.5, 0.6) is 0 Å². The third-order valence-electron chi connectivity index (χ3n) is 2.37. The van der Waals surface area contributed by atoms with Gasteiger partial charge in [0.1, 0.15) is 0 Å². The van der Waals surface area contributed by atoms with E-state index in [2.05, 4.69) is 11.4 Å². The SMILES string of the molecule is O=C(O)Nc1ccccc1/C=C/C1CC1. The molecule has 0 saturated heterocycles. The number of para-hydroxylation sites is 1. The molecule has 2 rings (SSSR count). The largest absolute Gasteiger partial charge is 0.465 e. The van der Waals surface area contributed by atoms with Crippen molar-refractivity contribution in [2.45, 2.75) is 12.8 Å². The summed E-state index contributed by atoms with van der Waals surface area (Å²) in [6.07, 6.45) is 5.61. The fourth-order valence-electron chi connectivity index (χ4n) is 1.40. The van der Waals surface area contributed by atoms with E-state index in [1.54, 1.807) is 6.07 Å². The highest BCUT2D eigenvalue weighted by Gasteiger charge is 2.17. The van der Waals surface area contributed by atoms with Crippen molar-refractivity contribution in [1.82, 2.24) is 0 Å². The van der Waals surface area contributed by atoms with Crippen LogP contribution >= 0.6 is 0 Å². The van der Waals surface area contributed by atoms with Crippen LogP contribution in [0.1, 0.15) is 18.4 Å². The molecular weight excluding hydrogens is 190 g/mol. The van der Waals surface area contributed by atoms with Crippen molar-refractivity contribution in [3.63, 3.8) is 0 Å². The van der Waals surface area contributed by atoms with Gasteiger partial charge < -0.3 is 5.11 Å². The molecule has 1 amide bonds. The van der Waals surface area contributed by atoms with Crippen molar-refractivity contribution in [3.8, 4) is 0 Å². The van der Waals surface area contributed by atoms with Gasteiger partial charge in [0.15, 0.2) is 0 Å². The first-order chi connectivity index (χ1) is 7.25. The van der Waals surface area contributed by atoms with Crippen molar-refractivity contribution < 1.29 is 9.90 Å². The molecule has 0 aromatic heterocycles. The van der Waals surface area contributed by atoms with Crippen molar-refractivity contribution in [2.24, 2.45) is 5.92 Å². The van der Waals surface area contributed by atoms with Crippen LogP contribution in [0.25, 0.3) is 6.08 Å². The Morgan fingerprint density at radius 2 is 2.13 bits per heavy atom. The first-order valence-corrected chi connectivity index (χ1v) is 5.03. The molecule has 78 valence electrons. The molecule has 2 N–H and O–H groups in total. The van der Waals surface area contributed by atoms with Crippen LogP contribution in [0.15, 0.2) is 30.3 Å². The Morgan fingerprint density at radius 1 is 1.40 bits per heavy atom. The van der Waals surface area contributed by atoms with Crippen LogP contribution in [0, 0.1) is 5.92 Å². The van der Waals surface area contributed by atoms with Gasteiger partial charge >= 0.3 is 6.09 Å². The molecule has 0 unspecified atom stereocenters. The zero-order chi connectivity index (χ0) is 10.7. The zero-order valence-corrected chi connectivity index (χ0v) is 8.31. The van der Waals surface area contributed by atoms with Gasteiger partial charge in [0.2, 0.25) is 0 Å². The number of hydrogen-bond donors (Lipinski definition) is 2. The minimum absolute atomic E-state index is 0.641. The molecule has 0 aliphatic heterocycles. The van der Waals surface area contributed by atoms with E-state index in [1.165, 1.54) is 12.8 Å². The first-order valence-electron chi connectivity index (χ1n) is 5.03. The quantitative estimate of drug-likeness (QED) is 0.792. The Balaban J connectivity index is 2.16. The van der Waals surface area contributed by atoms with Crippen molar-refractivity contribution in [1.29, 1.82) is 0 Å². The second-order valence-corrected chi connectivity index (χ2v) is 3.71. The summed E-state index contributed by atoms with van der Waals surface area (Å²) in [7, 11) is 0. The number of hydrogen-bond acceptors (Lipinski definition) is 1. The number of benzene rings is 1. The van der Waals surface area contributed by atoms with Crippen LogP contribution in [0.2, 0.25) is 0 Å². The van der Waals surface area contributed by atoms with Crippen molar-refractivity contribution >= 4 is 17.9 Å². The summed E-state index contributed by atoms with van der Waals surface area (Å²) in [4.78, 5) is 10.5. The van der Waals surface area contributed by atoms with E-state index in [0.717, 1.165) is 5.56 Å². The number of rotatable bonds is 3. The van der Waals surface area contributed by atoms with E-state index in [4.69, 9.17) is 5.11 Å². The lowest BCUT2D eigenvalue weighted by Crippen LogP contribution is -2.08. The number of carboxylic acid groups (broad SMARTS) is 1. The van der Waals surface area contributed by atoms with Gasteiger partial charge in [-0.1, -0.05) is 30.4 Å². The summed E-state index contributed by atoms with van der Waals surface area (Å²) in [6, 6.07) is 7.39. The summed E-state index contributed by atoms with van der Waals surface area (Å²) in [5.41, 5.74) is 1.56. The number of amides is 1. The predicted octanol–water partition coefficient (Wildman–Crippen LogP) is 3.20. The Kier molecular flexibility index (Phi) is 2.72. The van der Waals surface area contributed by atoms with Gasteiger partial charge in [-0.2, -0.15) is 0 Å². The summed E-state index contributed by atoms with van der Waals surface area (Å²) in [6.45, 7) is 0. The summed E-state index contributed by atoms with van der Waals surface area (Å²) < 4.78 is 0. The molecule has 0 spiro atoms. The molecule has 1 fully saturated rings. The zero-order valence-electron chi connectivity index (χ0n) is 8.31. The van der Waals surface area contributed by atoms with Crippen molar-refractivity contribution in [2.75, 3.05) is 5.32 Å². The normalized spacial score (nSPS) is 15.5. The molecule has 0 heterocycles. The maximum Gasteiger partial charge on any atom is 0.409 e. The van der Waals surface area contributed by atoms with Gasteiger partial charge in [-0.05, 0) is 30.4 Å². The third kappa shape index (κ3) is 2.84. The lowest BCUT2D eigenvalue weighted by Gasteiger charge is -2.04. The molecule has 15 heavy (non-hydrogen) atoms. The van der Waals surface area contributed by atoms with Crippen LogP contribution in [-0.4, -0.2) is 11.2 Å². The Labute approximate surface area is 88.4 Å². The molecule has 3 heteroatoms. The van der Waals surface area contributed by atoms with E-state index < -0.39 is 6.09 Å². The fraction of sp³-hybridized carbons (Fsp3) is 0.250.